The van der Waals surface area contributed by atoms with Gasteiger partial charge < -0.3 is 10.1 Å². The summed E-state index contributed by atoms with van der Waals surface area (Å²) in [6.45, 7) is 4.85. The number of fused-ring (bicyclic) bond motifs is 1. The number of nitrogens with one attached hydrogen (secondary N) is 1. The highest BCUT2D eigenvalue weighted by Gasteiger charge is 2.25. The van der Waals surface area contributed by atoms with Crippen molar-refractivity contribution in [1.82, 2.24) is 5.32 Å². The van der Waals surface area contributed by atoms with Crippen molar-refractivity contribution in [2.45, 2.75) is 38.8 Å². The Bertz CT molecular complexity index is 638. The van der Waals surface area contributed by atoms with E-state index in [-0.39, 0.29) is 17.9 Å². The molecule has 1 aliphatic heterocycles. The molecule has 0 saturated carbocycles. The van der Waals surface area contributed by atoms with Gasteiger partial charge in [0.25, 0.3) is 0 Å². The quantitative estimate of drug-likeness (QED) is 0.893. The van der Waals surface area contributed by atoms with E-state index in [4.69, 9.17) is 4.74 Å². The SMILES string of the molecule is CCc1ccc(C(C)NC2CCOc3c(F)cccc32)cc1. The highest BCUT2D eigenvalue weighted by molar-refractivity contribution is 5.39. The number of ether oxygens (including phenoxy) is 1. The maximum Gasteiger partial charge on any atom is 0.165 e. The summed E-state index contributed by atoms with van der Waals surface area (Å²) in [7, 11) is 0. The van der Waals surface area contributed by atoms with Crippen LogP contribution in [0.2, 0.25) is 0 Å². The molecule has 0 fully saturated rings. The summed E-state index contributed by atoms with van der Waals surface area (Å²) in [6.07, 6.45) is 1.91. The molecule has 116 valence electrons. The van der Waals surface area contributed by atoms with Crippen LogP contribution in [0.3, 0.4) is 0 Å². The predicted molar refractivity (Wildman–Crippen MR) is 86.6 cm³/mol. The van der Waals surface area contributed by atoms with Crippen molar-refractivity contribution in [3.8, 4) is 5.75 Å². The van der Waals surface area contributed by atoms with E-state index in [0.29, 0.717) is 12.4 Å². The number of hydrogen-bond acceptors (Lipinski definition) is 2. The summed E-state index contributed by atoms with van der Waals surface area (Å²) in [5.41, 5.74) is 3.51. The lowest BCUT2D eigenvalue weighted by Crippen LogP contribution is -2.29. The molecule has 3 rings (SSSR count). The van der Waals surface area contributed by atoms with Gasteiger partial charge in [-0.1, -0.05) is 43.3 Å². The lowest BCUT2D eigenvalue weighted by molar-refractivity contribution is 0.235. The van der Waals surface area contributed by atoms with E-state index in [1.54, 1.807) is 6.07 Å². The van der Waals surface area contributed by atoms with Crippen LogP contribution in [0.15, 0.2) is 42.5 Å². The molecule has 2 nitrogen and oxygen atoms in total. The molecular weight excluding hydrogens is 277 g/mol. The van der Waals surface area contributed by atoms with Gasteiger partial charge in [-0.25, -0.2) is 4.39 Å². The molecule has 1 N–H and O–H groups in total. The molecule has 3 heteroatoms. The smallest absolute Gasteiger partial charge is 0.165 e. The van der Waals surface area contributed by atoms with Crippen LogP contribution in [-0.2, 0) is 6.42 Å². The zero-order valence-corrected chi connectivity index (χ0v) is 13.1. The minimum atomic E-state index is -0.274. The summed E-state index contributed by atoms with van der Waals surface area (Å²) in [5.74, 6) is 0.128. The van der Waals surface area contributed by atoms with Crippen molar-refractivity contribution in [2.24, 2.45) is 0 Å². The Hall–Kier alpha value is -1.87. The molecule has 22 heavy (non-hydrogen) atoms. The number of rotatable bonds is 4. The fourth-order valence-corrected chi connectivity index (χ4v) is 3.00. The first kappa shape index (κ1) is 15.0. The van der Waals surface area contributed by atoms with Gasteiger partial charge >= 0.3 is 0 Å². The monoisotopic (exact) mass is 299 g/mol. The second kappa shape index (κ2) is 6.49. The van der Waals surface area contributed by atoms with Crippen molar-refractivity contribution >= 4 is 0 Å². The van der Waals surface area contributed by atoms with E-state index in [1.165, 1.54) is 17.2 Å². The minimum Gasteiger partial charge on any atom is -0.490 e. The van der Waals surface area contributed by atoms with Crippen LogP contribution in [0.1, 0.15) is 49.0 Å². The number of aryl methyl sites for hydroxylation is 1. The Kier molecular flexibility index (Phi) is 4.44. The molecule has 0 aliphatic carbocycles. The van der Waals surface area contributed by atoms with E-state index in [2.05, 4.69) is 43.4 Å². The van der Waals surface area contributed by atoms with Gasteiger partial charge in [-0.2, -0.15) is 0 Å². The standard InChI is InChI=1S/C19H22FNO/c1-3-14-7-9-15(10-8-14)13(2)21-18-11-12-22-19-16(18)5-4-6-17(19)20/h4-10,13,18,21H,3,11-12H2,1-2H3. The van der Waals surface area contributed by atoms with Gasteiger partial charge in [0, 0.05) is 24.1 Å². The number of benzene rings is 2. The average Bonchev–Trinajstić information content (AvgIpc) is 2.56. The number of hydrogen-bond donors (Lipinski definition) is 1. The third-order valence-corrected chi connectivity index (χ3v) is 4.36. The summed E-state index contributed by atoms with van der Waals surface area (Å²) in [6, 6.07) is 14.2. The Labute approximate surface area is 131 Å². The van der Waals surface area contributed by atoms with Crippen molar-refractivity contribution in [1.29, 1.82) is 0 Å². The fourth-order valence-electron chi connectivity index (χ4n) is 3.00. The average molecular weight is 299 g/mol. The van der Waals surface area contributed by atoms with Gasteiger partial charge in [0.2, 0.25) is 0 Å². The normalized spacial score (nSPS) is 18.4. The van der Waals surface area contributed by atoms with E-state index >= 15 is 0 Å². The summed E-state index contributed by atoms with van der Waals surface area (Å²) < 4.78 is 19.3. The largest absolute Gasteiger partial charge is 0.490 e. The molecule has 0 aromatic heterocycles. The highest BCUT2D eigenvalue weighted by Crippen LogP contribution is 2.35. The molecule has 0 radical (unpaired) electrons. The maximum atomic E-state index is 13.8. The molecule has 0 bridgehead atoms. The van der Waals surface area contributed by atoms with Crippen molar-refractivity contribution < 1.29 is 9.13 Å². The minimum absolute atomic E-state index is 0.125. The summed E-state index contributed by atoms with van der Waals surface area (Å²) in [5, 5.41) is 3.61. The van der Waals surface area contributed by atoms with E-state index in [9.17, 15) is 4.39 Å². The van der Waals surface area contributed by atoms with Gasteiger partial charge in [-0.3, -0.25) is 0 Å². The Morgan fingerprint density at radius 2 is 2.00 bits per heavy atom. The van der Waals surface area contributed by atoms with E-state index < -0.39 is 0 Å². The molecule has 1 heterocycles. The van der Waals surface area contributed by atoms with Crippen LogP contribution in [0, 0.1) is 5.82 Å². The Morgan fingerprint density at radius 3 is 2.73 bits per heavy atom. The summed E-state index contributed by atoms with van der Waals surface area (Å²) in [4.78, 5) is 0. The second-order valence-corrected chi connectivity index (χ2v) is 5.83. The predicted octanol–water partition coefficient (Wildman–Crippen LogP) is 4.56. The van der Waals surface area contributed by atoms with Crippen LogP contribution in [-0.4, -0.2) is 6.61 Å². The van der Waals surface area contributed by atoms with Gasteiger partial charge in [-0.15, -0.1) is 0 Å². The lowest BCUT2D eigenvalue weighted by Gasteiger charge is -2.29. The fraction of sp³-hybridized carbons (Fsp3) is 0.368. The Morgan fingerprint density at radius 1 is 1.23 bits per heavy atom. The topological polar surface area (TPSA) is 21.3 Å². The maximum absolute atomic E-state index is 13.8. The van der Waals surface area contributed by atoms with Crippen molar-refractivity contribution in [3.63, 3.8) is 0 Å². The molecule has 2 atom stereocenters. The van der Waals surface area contributed by atoms with E-state index in [0.717, 1.165) is 18.4 Å². The van der Waals surface area contributed by atoms with Crippen LogP contribution >= 0.6 is 0 Å². The molecule has 2 unspecified atom stereocenters. The first-order valence-corrected chi connectivity index (χ1v) is 7.95. The first-order valence-electron chi connectivity index (χ1n) is 7.95. The van der Waals surface area contributed by atoms with Gasteiger partial charge in [0.1, 0.15) is 0 Å². The van der Waals surface area contributed by atoms with Crippen LogP contribution in [0.25, 0.3) is 0 Å². The van der Waals surface area contributed by atoms with Gasteiger partial charge in [0.15, 0.2) is 11.6 Å². The van der Waals surface area contributed by atoms with Crippen molar-refractivity contribution in [3.05, 3.63) is 65.0 Å². The first-order chi connectivity index (χ1) is 10.7. The second-order valence-electron chi connectivity index (χ2n) is 5.83. The van der Waals surface area contributed by atoms with Gasteiger partial charge in [0.05, 0.1) is 6.61 Å². The van der Waals surface area contributed by atoms with Crippen molar-refractivity contribution in [2.75, 3.05) is 6.61 Å². The third-order valence-electron chi connectivity index (χ3n) is 4.36. The zero-order chi connectivity index (χ0) is 15.5. The van der Waals surface area contributed by atoms with Crippen LogP contribution < -0.4 is 10.1 Å². The Balaban J connectivity index is 1.77. The van der Waals surface area contributed by atoms with Gasteiger partial charge in [-0.05, 0) is 30.5 Å². The molecule has 2 aromatic carbocycles. The van der Waals surface area contributed by atoms with Crippen LogP contribution in [0.5, 0.6) is 5.75 Å². The molecule has 2 aromatic rings. The molecule has 0 spiro atoms. The lowest BCUT2D eigenvalue weighted by atomic mass is 9.97. The zero-order valence-electron chi connectivity index (χ0n) is 13.1. The molecule has 0 amide bonds. The molecule has 1 aliphatic rings. The highest BCUT2D eigenvalue weighted by atomic mass is 19.1. The third kappa shape index (κ3) is 3.00. The summed E-state index contributed by atoms with van der Waals surface area (Å²) >= 11 is 0. The molecular formula is C19H22FNO. The van der Waals surface area contributed by atoms with E-state index in [1.807, 2.05) is 6.07 Å². The molecule has 0 saturated heterocycles. The van der Waals surface area contributed by atoms with Crippen LogP contribution in [0.4, 0.5) is 4.39 Å². The number of para-hydroxylation sites is 1. The number of halogens is 1.